The van der Waals surface area contributed by atoms with E-state index in [0.29, 0.717) is 6.10 Å². The second kappa shape index (κ2) is 4.79. The van der Waals surface area contributed by atoms with Crippen molar-refractivity contribution in [1.82, 2.24) is 0 Å². The molecule has 2 heteroatoms. The molecule has 0 radical (unpaired) electrons. The Morgan fingerprint density at radius 2 is 1.76 bits per heavy atom. The molecular weight excluding hydrogens is 210 g/mol. The number of hydrogen-bond donors (Lipinski definition) is 1. The van der Waals surface area contributed by atoms with E-state index < -0.39 is 0 Å². The molecule has 2 N–H and O–H groups in total. The van der Waals surface area contributed by atoms with Crippen molar-refractivity contribution in [2.24, 2.45) is 5.73 Å². The Labute approximate surface area is 104 Å². The molecule has 1 fully saturated rings. The fraction of sp³-hybridized carbons (Fsp3) is 0.600. The third-order valence-electron chi connectivity index (χ3n) is 3.74. The highest BCUT2D eigenvalue weighted by Gasteiger charge is 2.29. The molecule has 1 aliphatic heterocycles. The van der Waals surface area contributed by atoms with Gasteiger partial charge < -0.3 is 10.5 Å². The Bertz CT molecular complexity index is 390. The topological polar surface area (TPSA) is 35.2 Å². The molecule has 0 amide bonds. The van der Waals surface area contributed by atoms with Crippen LogP contribution in [0.2, 0.25) is 0 Å². The quantitative estimate of drug-likeness (QED) is 0.851. The van der Waals surface area contributed by atoms with E-state index in [1.165, 1.54) is 22.3 Å². The summed E-state index contributed by atoms with van der Waals surface area (Å²) in [5, 5.41) is 0. The molecule has 1 aromatic rings. The first-order valence-corrected chi connectivity index (χ1v) is 6.48. The molecule has 0 saturated carbocycles. The van der Waals surface area contributed by atoms with Gasteiger partial charge in [-0.3, -0.25) is 0 Å². The zero-order chi connectivity index (χ0) is 12.6. The molecule has 3 atom stereocenters. The van der Waals surface area contributed by atoms with E-state index in [1.54, 1.807) is 0 Å². The summed E-state index contributed by atoms with van der Waals surface area (Å²) in [5.74, 6) is 0. The zero-order valence-corrected chi connectivity index (χ0v) is 11.3. The largest absolute Gasteiger partial charge is 0.373 e. The normalized spacial score (nSPS) is 26.2. The molecule has 0 aromatic heterocycles. The van der Waals surface area contributed by atoms with E-state index in [2.05, 4.69) is 39.8 Å². The smallest absolute Gasteiger partial charge is 0.0772 e. The molecular formula is C15H23NO. The van der Waals surface area contributed by atoms with E-state index in [0.717, 1.165) is 12.8 Å². The standard InChI is InChI=1S/C15H23NO/c1-9-7-10(2)14(11(3)8-9)15(16)13-6-5-12(4)17-13/h7-8,12-13,15H,5-6,16H2,1-4H3. The highest BCUT2D eigenvalue weighted by Crippen LogP contribution is 2.32. The van der Waals surface area contributed by atoms with Crippen LogP contribution >= 0.6 is 0 Å². The summed E-state index contributed by atoms with van der Waals surface area (Å²) in [7, 11) is 0. The number of nitrogens with two attached hydrogens (primary N) is 1. The van der Waals surface area contributed by atoms with Crippen molar-refractivity contribution < 1.29 is 4.74 Å². The monoisotopic (exact) mass is 233 g/mol. The van der Waals surface area contributed by atoms with Crippen LogP contribution < -0.4 is 5.73 Å². The molecule has 0 spiro atoms. The second-order valence-electron chi connectivity index (χ2n) is 5.40. The summed E-state index contributed by atoms with van der Waals surface area (Å²) >= 11 is 0. The van der Waals surface area contributed by atoms with Crippen LogP contribution in [0.1, 0.15) is 48.1 Å². The average Bonchev–Trinajstić information content (AvgIpc) is 2.63. The molecule has 94 valence electrons. The molecule has 0 bridgehead atoms. The van der Waals surface area contributed by atoms with Gasteiger partial charge in [0.25, 0.3) is 0 Å². The lowest BCUT2D eigenvalue weighted by atomic mass is 9.91. The molecule has 1 heterocycles. The van der Waals surface area contributed by atoms with Crippen molar-refractivity contribution >= 4 is 0 Å². The van der Waals surface area contributed by atoms with E-state index in [4.69, 9.17) is 10.5 Å². The van der Waals surface area contributed by atoms with Crippen LogP contribution in [0.5, 0.6) is 0 Å². The second-order valence-corrected chi connectivity index (χ2v) is 5.40. The molecule has 1 aliphatic rings. The maximum Gasteiger partial charge on any atom is 0.0772 e. The molecule has 2 nitrogen and oxygen atoms in total. The van der Waals surface area contributed by atoms with E-state index in [-0.39, 0.29) is 12.1 Å². The fourth-order valence-electron chi connectivity index (χ4n) is 3.00. The predicted octanol–water partition coefficient (Wildman–Crippen LogP) is 3.18. The van der Waals surface area contributed by atoms with Crippen LogP contribution in [0.15, 0.2) is 12.1 Å². The van der Waals surface area contributed by atoms with Gasteiger partial charge in [0, 0.05) is 0 Å². The Morgan fingerprint density at radius 3 is 2.24 bits per heavy atom. The van der Waals surface area contributed by atoms with E-state index in [9.17, 15) is 0 Å². The Kier molecular flexibility index (Phi) is 3.55. The summed E-state index contributed by atoms with van der Waals surface area (Å²) in [6.07, 6.45) is 2.75. The van der Waals surface area contributed by atoms with Gasteiger partial charge in [-0.2, -0.15) is 0 Å². The molecule has 3 unspecified atom stereocenters. The van der Waals surface area contributed by atoms with Gasteiger partial charge in [-0.05, 0) is 57.2 Å². The summed E-state index contributed by atoms with van der Waals surface area (Å²) < 4.78 is 5.89. The SMILES string of the molecule is Cc1cc(C)c(C(N)C2CCC(C)O2)c(C)c1. The van der Waals surface area contributed by atoms with Gasteiger partial charge in [0.2, 0.25) is 0 Å². The minimum atomic E-state index is 0.0144. The summed E-state index contributed by atoms with van der Waals surface area (Å²) in [5.41, 5.74) is 11.5. The summed E-state index contributed by atoms with van der Waals surface area (Å²) in [6.45, 7) is 8.55. The van der Waals surface area contributed by atoms with Gasteiger partial charge in [0.15, 0.2) is 0 Å². The van der Waals surface area contributed by atoms with E-state index in [1.807, 2.05) is 0 Å². The van der Waals surface area contributed by atoms with Crippen molar-refractivity contribution in [2.75, 3.05) is 0 Å². The van der Waals surface area contributed by atoms with Crippen molar-refractivity contribution in [3.8, 4) is 0 Å². The van der Waals surface area contributed by atoms with Crippen LogP contribution in [0.4, 0.5) is 0 Å². The summed E-state index contributed by atoms with van der Waals surface area (Å²) in [4.78, 5) is 0. The highest BCUT2D eigenvalue weighted by atomic mass is 16.5. The fourth-order valence-corrected chi connectivity index (χ4v) is 3.00. The van der Waals surface area contributed by atoms with Crippen molar-refractivity contribution in [1.29, 1.82) is 0 Å². The van der Waals surface area contributed by atoms with Crippen LogP contribution in [-0.2, 0) is 4.74 Å². The number of benzene rings is 1. The molecule has 2 rings (SSSR count). The van der Waals surface area contributed by atoms with Crippen LogP contribution in [0, 0.1) is 20.8 Å². The number of rotatable bonds is 2. The predicted molar refractivity (Wildman–Crippen MR) is 71.2 cm³/mol. The first-order valence-electron chi connectivity index (χ1n) is 6.48. The van der Waals surface area contributed by atoms with Crippen LogP contribution in [0.3, 0.4) is 0 Å². The molecule has 17 heavy (non-hydrogen) atoms. The van der Waals surface area contributed by atoms with Crippen molar-refractivity contribution in [3.63, 3.8) is 0 Å². The number of hydrogen-bond acceptors (Lipinski definition) is 2. The molecule has 0 aliphatic carbocycles. The Morgan fingerprint density at radius 1 is 1.18 bits per heavy atom. The molecule has 1 saturated heterocycles. The lowest BCUT2D eigenvalue weighted by Crippen LogP contribution is -2.27. The Hall–Kier alpha value is -0.860. The minimum Gasteiger partial charge on any atom is -0.373 e. The maximum atomic E-state index is 6.39. The number of ether oxygens (including phenoxy) is 1. The van der Waals surface area contributed by atoms with Crippen LogP contribution in [-0.4, -0.2) is 12.2 Å². The maximum absolute atomic E-state index is 6.39. The third kappa shape index (κ3) is 2.53. The molecule has 1 aromatic carbocycles. The lowest BCUT2D eigenvalue weighted by Gasteiger charge is -2.24. The first-order chi connectivity index (χ1) is 7.99. The number of aryl methyl sites for hydroxylation is 3. The van der Waals surface area contributed by atoms with E-state index >= 15 is 0 Å². The Balaban J connectivity index is 2.27. The average molecular weight is 233 g/mol. The third-order valence-corrected chi connectivity index (χ3v) is 3.74. The van der Waals surface area contributed by atoms with Crippen molar-refractivity contribution in [3.05, 3.63) is 34.4 Å². The highest BCUT2D eigenvalue weighted by molar-refractivity contribution is 5.40. The summed E-state index contributed by atoms with van der Waals surface area (Å²) in [6, 6.07) is 4.43. The zero-order valence-electron chi connectivity index (χ0n) is 11.3. The van der Waals surface area contributed by atoms with Crippen molar-refractivity contribution in [2.45, 2.75) is 58.8 Å². The van der Waals surface area contributed by atoms with Crippen LogP contribution in [0.25, 0.3) is 0 Å². The van der Waals surface area contributed by atoms with Gasteiger partial charge in [-0.15, -0.1) is 0 Å². The first kappa shape index (κ1) is 12.6. The minimum absolute atomic E-state index is 0.0144. The van der Waals surface area contributed by atoms with Gasteiger partial charge in [-0.1, -0.05) is 17.7 Å². The van der Waals surface area contributed by atoms with Gasteiger partial charge in [-0.25, -0.2) is 0 Å². The van der Waals surface area contributed by atoms with Gasteiger partial charge >= 0.3 is 0 Å². The van der Waals surface area contributed by atoms with Gasteiger partial charge in [0.05, 0.1) is 18.2 Å². The lowest BCUT2D eigenvalue weighted by molar-refractivity contribution is 0.0399. The van der Waals surface area contributed by atoms with Gasteiger partial charge in [0.1, 0.15) is 0 Å².